The number of nitrogens with one attached hydrogen (secondary N) is 1. The lowest BCUT2D eigenvalue weighted by Gasteiger charge is -2.32. The van der Waals surface area contributed by atoms with Crippen LogP contribution in [0.5, 0.6) is 0 Å². The number of nitrogens with zero attached hydrogens (tertiary/aromatic N) is 2. The molecule has 0 aliphatic carbocycles. The van der Waals surface area contributed by atoms with E-state index in [4.69, 9.17) is 0 Å². The van der Waals surface area contributed by atoms with Crippen molar-refractivity contribution in [2.75, 3.05) is 45.0 Å². The van der Waals surface area contributed by atoms with Crippen molar-refractivity contribution in [2.45, 2.75) is 30.8 Å². The SMILES string of the molecule is CCSc1cccc(CN2CCC(N3CCNCC3)C2)c1. The summed E-state index contributed by atoms with van der Waals surface area (Å²) in [6.45, 7) is 10.6. The second-order valence-electron chi connectivity index (χ2n) is 6.04. The number of hydrogen-bond donors (Lipinski definition) is 1. The number of likely N-dealkylation sites (tertiary alicyclic amines) is 1. The van der Waals surface area contributed by atoms with Gasteiger partial charge in [0.15, 0.2) is 0 Å². The van der Waals surface area contributed by atoms with Crippen LogP contribution in [0.3, 0.4) is 0 Å². The average Bonchev–Trinajstić information content (AvgIpc) is 2.97. The van der Waals surface area contributed by atoms with E-state index in [1.165, 1.54) is 43.1 Å². The van der Waals surface area contributed by atoms with Crippen molar-refractivity contribution in [3.8, 4) is 0 Å². The number of hydrogen-bond acceptors (Lipinski definition) is 4. The fourth-order valence-electron chi connectivity index (χ4n) is 3.46. The van der Waals surface area contributed by atoms with Crippen LogP contribution in [0.25, 0.3) is 0 Å². The second-order valence-corrected chi connectivity index (χ2v) is 7.38. The Bertz CT molecular complexity index is 445. The molecule has 1 aromatic carbocycles. The van der Waals surface area contributed by atoms with Gasteiger partial charge in [0.1, 0.15) is 0 Å². The minimum atomic E-state index is 0.778. The van der Waals surface area contributed by atoms with Crippen molar-refractivity contribution in [3.05, 3.63) is 29.8 Å². The van der Waals surface area contributed by atoms with E-state index in [0.717, 1.165) is 31.4 Å². The van der Waals surface area contributed by atoms with Crippen LogP contribution in [0.4, 0.5) is 0 Å². The summed E-state index contributed by atoms with van der Waals surface area (Å²) in [5, 5.41) is 3.45. The Balaban J connectivity index is 1.53. The molecule has 1 unspecified atom stereocenters. The minimum Gasteiger partial charge on any atom is -0.314 e. The third-order valence-electron chi connectivity index (χ3n) is 4.53. The van der Waals surface area contributed by atoms with Crippen molar-refractivity contribution >= 4 is 11.8 Å². The zero-order valence-corrected chi connectivity index (χ0v) is 13.9. The molecule has 0 aromatic heterocycles. The second kappa shape index (κ2) is 7.63. The van der Waals surface area contributed by atoms with Crippen molar-refractivity contribution < 1.29 is 0 Å². The van der Waals surface area contributed by atoms with Crippen molar-refractivity contribution in [3.63, 3.8) is 0 Å². The number of thioether (sulfide) groups is 1. The quantitative estimate of drug-likeness (QED) is 0.841. The molecule has 3 nitrogen and oxygen atoms in total. The molecule has 21 heavy (non-hydrogen) atoms. The summed E-state index contributed by atoms with van der Waals surface area (Å²) in [5.74, 6) is 1.15. The third kappa shape index (κ3) is 4.22. The number of piperazine rings is 1. The summed E-state index contributed by atoms with van der Waals surface area (Å²) >= 11 is 1.94. The molecule has 2 fully saturated rings. The molecule has 116 valence electrons. The van der Waals surface area contributed by atoms with E-state index in [1.54, 1.807) is 0 Å². The fourth-order valence-corrected chi connectivity index (χ4v) is 4.20. The van der Waals surface area contributed by atoms with E-state index in [0.29, 0.717) is 0 Å². The van der Waals surface area contributed by atoms with Gasteiger partial charge in [0, 0.05) is 56.8 Å². The smallest absolute Gasteiger partial charge is 0.0236 e. The lowest BCUT2D eigenvalue weighted by Crippen LogP contribution is -2.49. The van der Waals surface area contributed by atoms with Crippen LogP contribution in [-0.2, 0) is 6.54 Å². The van der Waals surface area contributed by atoms with E-state index in [1.807, 2.05) is 11.8 Å². The van der Waals surface area contributed by atoms with Crippen LogP contribution < -0.4 is 5.32 Å². The van der Waals surface area contributed by atoms with Gasteiger partial charge in [-0.05, 0) is 29.9 Å². The molecule has 0 radical (unpaired) electrons. The molecule has 1 aromatic rings. The van der Waals surface area contributed by atoms with Crippen LogP contribution in [-0.4, -0.2) is 60.9 Å². The van der Waals surface area contributed by atoms with Gasteiger partial charge in [0.05, 0.1) is 0 Å². The van der Waals surface area contributed by atoms with Crippen LogP contribution in [0.1, 0.15) is 18.9 Å². The molecule has 0 amide bonds. The topological polar surface area (TPSA) is 18.5 Å². The Hall–Kier alpha value is -0.550. The van der Waals surface area contributed by atoms with E-state index in [9.17, 15) is 0 Å². The molecule has 1 N–H and O–H groups in total. The van der Waals surface area contributed by atoms with Gasteiger partial charge >= 0.3 is 0 Å². The fraction of sp³-hybridized carbons (Fsp3) is 0.647. The molecule has 2 aliphatic heterocycles. The Morgan fingerprint density at radius 2 is 2.10 bits per heavy atom. The predicted octanol–water partition coefficient (Wildman–Crippen LogP) is 2.28. The molecular formula is C17H27N3S. The predicted molar refractivity (Wildman–Crippen MR) is 91.0 cm³/mol. The lowest BCUT2D eigenvalue weighted by atomic mass is 10.2. The van der Waals surface area contributed by atoms with Crippen LogP contribution in [0, 0.1) is 0 Å². The molecular weight excluding hydrogens is 278 g/mol. The maximum Gasteiger partial charge on any atom is 0.0236 e. The summed E-state index contributed by atoms with van der Waals surface area (Å²) in [5.41, 5.74) is 1.47. The minimum absolute atomic E-state index is 0.778. The van der Waals surface area contributed by atoms with Crippen LogP contribution in [0.15, 0.2) is 29.2 Å². The Morgan fingerprint density at radius 3 is 2.90 bits per heavy atom. The van der Waals surface area contributed by atoms with Gasteiger partial charge in [0.2, 0.25) is 0 Å². The molecule has 4 heteroatoms. The third-order valence-corrected chi connectivity index (χ3v) is 5.41. The highest BCUT2D eigenvalue weighted by Gasteiger charge is 2.28. The van der Waals surface area contributed by atoms with Crippen LogP contribution in [0.2, 0.25) is 0 Å². The molecule has 2 saturated heterocycles. The molecule has 0 spiro atoms. The van der Waals surface area contributed by atoms with E-state index in [-0.39, 0.29) is 0 Å². The van der Waals surface area contributed by atoms with Gasteiger partial charge in [-0.25, -0.2) is 0 Å². The van der Waals surface area contributed by atoms with Gasteiger partial charge in [-0.1, -0.05) is 19.1 Å². The summed E-state index contributed by atoms with van der Waals surface area (Å²) in [7, 11) is 0. The van der Waals surface area contributed by atoms with Crippen LogP contribution >= 0.6 is 11.8 Å². The van der Waals surface area contributed by atoms with Gasteiger partial charge in [-0.3, -0.25) is 9.80 Å². The zero-order valence-electron chi connectivity index (χ0n) is 13.1. The van der Waals surface area contributed by atoms with E-state index < -0.39 is 0 Å². The molecule has 2 aliphatic rings. The summed E-state index contributed by atoms with van der Waals surface area (Å²) in [6.07, 6.45) is 1.34. The van der Waals surface area contributed by atoms with Crippen molar-refractivity contribution in [1.82, 2.24) is 15.1 Å². The van der Waals surface area contributed by atoms with Gasteiger partial charge in [-0.2, -0.15) is 0 Å². The highest BCUT2D eigenvalue weighted by Crippen LogP contribution is 2.22. The van der Waals surface area contributed by atoms with Gasteiger partial charge in [0.25, 0.3) is 0 Å². The molecule has 2 heterocycles. The Morgan fingerprint density at radius 1 is 1.24 bits per heavy atom. The first-order valence-corrected chi connectivity index (χ1v) is 9.22. The molecule has 3 rings (SSSR count). The first kappa shape index (κ1) is 15.3. The molecule has 1 atom stereocenters. The van der Waals surface area contributed by atoms with Crippen molar-refractivity contribution in [1.29, 1.82) is 0 Å². The average molecular weight is 305 g/mol. The maximum atomic E-state index is 3.45. The lowest BCUT2D eigenvalue weighted by molar-refractivity contribution is 0.170. The monoisotopic (exact) mass is 305 g/mol. The van der Waals surface area contributed by atoms with Gasteiger partial charge < -0.3 is 5.32 Å². The summed E-state index contributed by atoms with van der Waals surface area (Å²) < 4.78 is 0. The zero-order chi connectivity index (χ0) is 14.5. The highest BCUT2D eigenvalue weighted by molar-refractivity contribution is 7.99. The maximum absolute atomic E-state index is 3.45. The van der Waals surface area contributed by atoms with Crippen molar-refractivity contribution in [2.24, 2.45) is 0 Å². The highest BCUT2D eigenvalue weighted by atomic mass is 32.2. The summed E-state index contributed by atoms with van der Waals surface area (Å²) in [4.78, 5) is 6.72. The Kier molecular flexibility index (Phi) is 5.58. The van der Waals surface area contributed by atoms with E-state index in [2.05, 4.69) is 46.3 Å². The van der Waals surface area contributed by atoms with Gasteiger partial charge in [-0.15, -0.1) is 11.8 Å². The first-order chi connectivity index (χ1) is 10.3. The number of benzene rings is 1. The largest absolute Gasteiger partial charge is 0.314 e. The molecule has 0 saturated carbocycles. The first-order valence-electron chi connectivity index (χ1n) is 8.24. The summed E-state index contributed by atoms with van der Waals surface area (Å²) in [6, 6.07) is 9.85. The normalized spacial score (nSPS) is 24.5. The molecule has 0 bridgehead atoms. The number of rotatable bonds is 5. The Labute approximate surface area is 133 Å². The standard InChI is InChI=1S/C17H27N3S/c1-2-21-17-5-3-4-15(12-17)13-19-9-6-16(14-19)20-10-7-18-8-11-20/h3-5,12,16,18H,2,6-11,13-14H2,1H3. The van der Waals surface area contributed by atoms with E-state index >= 15 is 0 Å².